The number of allylic oxidation sites excluding steroid dienone is 1. The molecule has 0 bridgehead atoms. The fraction of sp³-hybridized carbons (Fsp3) is 0.429. The van der Waals surface area contributed by atoms with Crippen molar-refractivity contribution in [2.45, 2.75) is 33.1 Å². The molecule has 1 unspecified atom stereocenters. The van der Waals surface area contributed by atoms with Gasteiger partial charge in [-0.1, -0.05) is 37.3 Å². The lowest BCUT2D eigenvalue weighted by Crippen LogP contribution is -2.34. The molecule has 6 heteroatoms. The summed E-state index contributed by atoms with van der Waals surface area (Å²) in [6.45, 7) is 6.61. The third-order valence-corrected chi connectivity index (χ3v) is 4.27. The Morgan fingerprint density at radius 2 is 1.78 bits per heavy atom. The third kappa shape index (κ3) is 4.77. The van der Waals surface area contributed by atoms with Crippen molar-refractivity contribution >= 4 is 11.9 Å². The van der Waals surface area contributed by atoms with Gasteiger partial charge in [-0.15, -0.1) is 0 Å². The van der Waals surface area contributed by atoms with Crippen molar-refractivity contribution < 1.29 is 23.8 Å². The molecule has 6 nitrogen and oxygen atoms in total. The van der Waals surface area contributed by atoms with Gasteiger partial charge in [0.25, 0.3) is 0 Å². The highest BCUT2D eigenvalue weighted by atomic mass is 16.5. The Bertz CT molecular complexity index is 736. The van der Waals surface area contributed by atoms with Crippen molar-refractivity contribution in [3.63, 3.8) is 0 Å². The first-order valence-corrected chi connectivity index (χ1v) is 9.14. The van der Waals surface area contributed by atoms with Gasteiger partial charge in [0.05, 0.1) is 43.1 Å². The quantitative estimate of drug-likeness (QED) is 0.558. The fourth-order valence-electron chi connectivity index (χ4n) is 3.14. The number of carbonyl (C=O) groups is 2. The van der Waals surface area contributed by atoms with Crippen LogP contribution in [-0.4, -0.2) is 38.9 Å². The molecule has 1 atom stereocenters. The molecule has 0 amide bonds. The van der Waals surface area contributed by atoms with Crippen molar-refractivity contribution in [3.8, 4) is 0 Å². The van der Waals surface area contributed by atoms with Gasteiger partial charge in [0, 0.05) is 12.3 Å². The highest BCUT2D eigenvalue weighted by Gasteiger charge is 2.38. The first-order valence-electron chi connectivity index (χ1n) is 9.14. The minimum atomic E-state index is -0.584. The van der Waals surface area contributed by atoms with Gasteiger partial charge in [-0.25, -0.2) is 9.59 Å². The zero-order valence-corrected chi connectivity index (χ0v) is 16.3. The van der Waals surface area contributed by atoms with Crippen LogP contribution in [0.4, 0.5) is 0 Å². The van der Waals surface area contributed by atoms with E-state index in [1.807, 2.05) is 37.3 Å². The number of rotatable bonds is 8. The summed E-state index contributed by atoms with van der Waals surface area (Å²) in [5.41, 5.74) is 2.84. The largest absolute Gasteiger partial charge is 0.466 e. The third-order valence-electron chi connectivity index (χ3n) is 4.27. The lowest BCUT2D eigenvalue weighted by Gasteiger charge is -2.31. The molecule has 0 saturated carbocycles. The van der Waals surface area contributed by atoms with E-state index in [0.717, 1.165) is 12.0 Å². The van der Waals surface area contributed by atoms with E-state index in [0.29, 0.717) is 29.1 Å². The van der Waals surface area contributed by atoms with Crippen LogP contribution in [-0.2, 0) is 23.8 Å². The highest BCUT2D eigenvalue weighted by molar-refractivity contribution is 5.99. The number of hydrogen-bond donors (Lipinski definition) is 1. The van der Waals surface area contributed by atoms with Crippen LogP contribution in [0, 0.1) is 0 Å². The van der Waals surface area contributed by atoms with Crippen LogP contribution in [0.1, 0.15) is 38.7 Å². The molecule has 0 spiro atoms. The zero-order chi connectivity index (χ0) is 19.8. The van der Waals surface area contributed by atoms with Gasteiger partial charge in [0.15, 0.2) is 0 Å². The minimum absolute atomic E-state index is 0.233. The molecule has 0 aliphatic carbocycles. The molecular formula is C21H27NO5. The average molecular weight is 373 g/mol. The number of esters is 2. The Morgan fingerprint density at radius 3 is 2.37 bits per heavy atom. The lowest BCUT2D eigenvalue weighted by molar-refractivity contribution is -0.139. The van der Waals surface area contributed by atoms with Crippen molar-refractivity contribution in [2.75, 3.05) is 26.9 Å². The Hall–Kier alpha value is -2.60. The second-order valence-corrected chi connectivity index (χ2v) is 6.16. The van der Waals surface area contributed by atoms with Gasteiger partial charge in [-0.05, 0) is 25.8 Å². The van der Waals surface area contributed by atoms with E-state index in [-0.39, 0.29) is 13.2 Å². The molecule has 1 aromatic carbocycles. The second kappa shape index (κ2) is 9.92. The predicted molar refractivity (Wildman–Crippen MR) is 102 cm³/mol. The molecule has 0 aromatic heterocycles. The maximum Gasteiger partial charge on any atom is 0.336 e. The maximum absolute atomic E-state index is 12.8. The van der Waals surface area contributed by atoms with E-state index in [2.05, 4.69) is 5.32 Å². The number of benzene rings is 1. The van der Waals surface area contributed by atoms with Crippen LogP contribution in [0.2, 0.25) is 0 Å². The van der Waals surface area contributed by atoms with Gasteiger partial charge in [-0.2, -0.15) is 0 Å². The van der Waals surface area contributed by atoms with Crippen molar-refractivity contribution in [2.24, 2.45) is 0 Å². The summed E-state index contributed by atoms with van der Waals surface area (Å²) >= 11 is 0. The summed E-state index contributed by atoms with van der Waals surface area (Å²) in [6, 6.07) is 9.40. The average Bonchev–Trinajstić information content (AvgIpc) is 2.68. The maximum atomic E-state index is 12.8. The predicted octanol–water partition coefficient (Wildman–Crippen LogP) is 3.06. The summed E-state index contributed by atoms with van der Waals surface area (Å²) in [5.74, 6) is -1.54. The lowest BCUT2D eigenvalue weighted by atomic mass is 9.80. The zero-order valence-electron chi connectivity index (χ0n) is 16.3. The molecule has 1 aliphatic heterocycles. The van der Waals surface area contributed by atoms with E-state index in [1.165, 1.54) is 7.11 Å². The van der Waals surface area contributed by atoms with Crippen LogP contribution >= 0.6 is 0 Å². The van der Waals surface area contributed by atoms with E-state index >= 15 is 0 Å². The SMILES string of the molecule is CCCOCC1=C(C(=O)OCC)C(c2ccccc2)C(C(=O)OC)=C(C)N1. The Morgan fingerprint density at radius 1 is 1.07 bits per heavy atom. The van der Waals surface area contributed by atoms with E-state index in [1.54, 1.807) is 13.8 Å². The summed E-state index contributed by atoms with van der Waals surface area (Å²) in [4.78, 5) is 25.4. The van der Waals surface area contributed by atoms with Gasteiger partial charge < -0.3 is 19.5 Å². The van der Waals surface area contributed by atoms with Crippen molar-refractivity contribution in [1.82, 2.24) is 5.32 Å². The molecule has 27 heavy (non-hydrogen) atoms. The van der Waals surface area contributed by atoms with Crippen molar-refractivity contribution in [3.05, 3.63) is 58.4 Å². The summed E-state index contributed by atoms with van der Waals surface area (Å²) in [6.07, 6.45) is 0.867. The molecule has 0 saturated heterocycles. The van der Waals surface area contributed by atoms with E-state index in [4.69, 9.17) is 14.2 Å². The van der Waals surface area contributed by atoms with E-state index in [9.17, 15) is 9.59 Å². The molecule has 0 fully saturated rings. The molecule has 1 aliphatic rings. The Balaban J connectivity index is 2.60. The van der Waals surface area contributed by atoms with Gasteiger partial charge in [0.2, 0.25) is 0 Å². The smallest absolute Gasteiger partial charge is 0.336 e. The number of nitrogens with one attached hydrogen (secondary N) is 1. The monoisotopic (exact) mass is 373 g/mol. The van der Waals surface area contributed by atoms with Gasteiger partial charge >= 0.3 is 11.9 Å². The number of dihydropyridines is 1. The second-order valence-electron chi connectivity index (χ2n) is 6.16. The van der Waals surface area contributed by atoms with E-state index < -0.39 is 17.9 Å². The Kier molecular flexibility index (Phi) is 7.61. The molecule has 1 N–H and O–H groups in total. The Labute approximate surface area is 160 Å². The van der Waals surface area contributed by atoms with Gasteiger partial charge in [-0.3, -0.25) is 0 Å². The number of ether oxygens (including phenoxy) is 3. The first-order chi connectivity index (χ1) is 13.0. The summed E-state index contributed by atoms with van der Waals surface area (Å²) in [5, 5.41) is 3.16. The van der Waals surface area contributed by atoms with Gasteiger partial charge in [0.1, 0.15) is 0 Å². The summed E-state index contributed by atoms with van der Waals surface area (Å²) < 4.78 is 16.0. The number of hydrogen-bond acceptors (Lipinski definition) is 6. The molecule has 1 aromatic rings. The number of carbonyl (C=O) groups excluding carboxylic acids is 2. The normalized spacial score (nSPS) is 16.8. The van der Waals surface area contributed by atoms with Crippen LogP contribution in [0.25, 0.3) is 0 Å². The standard InChI is InChI=1S/C21H27NO5/c1-5-12-26-13-16-19(21(24)27-6-2)18(15-10-8-7-9-11-15)17(14(3)22-16)20(23)25-4/h7-11,18,22H,5-6,12-13H2,1-4H3. The number of methoxy groups -OCH3 is 1. The van der Waals surface area contributed by atoms with Crippen LogP contribution in [0.3, 0.4) is 0 Å². The van der Waals surface area contributed by atoms with Crippen molar-refractivity contribution in [1.29, 1.82) is 0 Å². The molecule has 2 rings (SSSR count). The summed E-state index contributed by atoms with van der Waals surface area (Å²) in [7, 11) is 1.33. The fourth-order valence-corrected chi connectivity index (χ4v) is 3.14. The molecule has 0 radical (unpaired) electrons. The highest BCUT2D eigenvalue weighted by Crippen LogP contribution is 2.39. The van der Waals surface area contributed by atoms with Crippen LogP contribution in [0.15, 0.2) is 52.9 Å². The topological polar surface area (TPSA) is 73.9 Å². The molecular weight excluding hydrogens is 346 g/mol. The molecule has 1 heterocycles. The van der Waals surface area contributed by atoms with Crippen LogP contribution < -0.4 is 5.32 Å². The first kappa shape index (κ1) is 20.7. The molecule has 146 valence electrons. The van der Waals surface area contributed by atoms with Crippen LogP contribution in [0.5, 0.6) is 0 Å². The minimum Gasteiger partial charge on any atom is -0.466 e.